The molecule has 0 aliphatic carbocycles. The molecule has 0 saturated heterocycles. The summed E-state index contributed by atoms with van der Waals surface area (Å²) in [5, 5.41) is 6.58. The second-order valence-electron chi connectivity index (χ2n) is 6.07. The van der Waals surface area contributed by atoms with Crippen molar-refractivity contribution in [3.8, 4) is 5.75 Å². The van der Waals surface area contributed by atoms with Crippen molar-refractivity contribution in [1.82, 2.24) is 9.97 Å². The first-order valence-electron chi connectivity index (χ1n) is 8.28. The average molecular weight is 334 g/mol. The number of aromatic nitrogens is 2. The van der Waals surface area contributed by atoms with E-state index in [1.165, 1.54) is 11.9 Å². The number of nitrogens with one attached hydrogen (secondary N) is 2. The highest BCUT2D eigenvalue weighted by Gasteiger charge is 2.07. The van der Waals surface area contributed by atoms with Crippen molar-refractivity contribution in [2.75, 3.05) is 10.6 Å². The summed E-state index contributed by atoms with van der Waals surface area (Å²) in [6.45, 7) is 6.07. The van der Waals surface area contributed by atoms with E-state index in [9.17, 15) is 0 Å². The van der Waals surface area contributed by atoms with Crippen LogP contribution >= 0.6 is 0 Å². The fourth-order valence-electron chi connectivity index (χ4n) is 2.34. The lowest BCUT2D eigenvalue weighted by Gasteiger charge is -2.15. The molecule has 3 rings (SSSR count). The van der Waals surface area contributed by atoms with Crippen molar-refractivity contribution in [2.24, 2.45) is 0 Å². The van der Waals surface area contributed by atoms with Gasteiger partial charge in [-0.1, -0.05) is 29.8 Å². The van der Waals surface area contributed by atoms with Gasteiger partial charge < -0.3 is 15.4 Å². The molecule has 1 heterocycles. The van der Waals surface area contributed by atoms with E-state index in [1.807, 2.05) is 56.3 Å². The van der Waals surface area contributed by atoms with E-state index >= 15 is 0 Å². The molecule has 128 valence electrons. The number of rotatable bonds is 6. The van der Waals surface area contributed by atoms with Crippen molar-refractivity contribution >= 4 is 23.0 Å². The van der Waals surface area contributed by atoms with Crippen molar-refractivity contribution in [1.29, 1.82) is 0 Å². The molecule has 0 unspecified atom stereocenters. The highest BCUT2D eigenvalue weighted by molar-refractivity contribution is 5.67. The third-order valence-corrected chi connectivity index (χ3v) is 3.50. The second kappa shape index (κ2) is 7.66. The van der Waals surface area contributed by atoms with Crippen molar-refractivity contribution < 1.29 is 4.74 Å². The topological polar surface area (TPSA) is 59.1 Å². The quantitative estimate of drug-likeness (QED) is 0.660. The Balaban J connectivity index is 1.77. The summed E-state index contributed by atoms with van der Waals surface area (Å²) >= 11 is 0. The third-order valence-electron chi connectivity index (χ3n) is 3.50. The first kappa shape index (κ1) is 16.8. The molecule has 0 saturated carbocycles. The summed E-state index contributed by atoms with van der Waals surface area (Å²) in [5.74, 6) is 2.22. The Morgan fingerprint density at radius 3 is 2.28 bits per heavy atom. The van der Waals surface area contributed by atoms with Crippen LogP contribution in [0.2, 0.25) is 0 Å². The number of aryl methyl sites for hydroxylation is 1. The van der Waals surface area contributed by atoms with Gasteiger partial charge in [-0.15, -0.1) is 0 Å². The van der Waals surface area contributed by atoms with E-state index in [0.29, 0.717) is 5.82 Å². The average Bonchev–Trinajstić information content (AvgIpc) is 2.59. The third kappa shape index (κ3) is 4.70. The highest BCUT2D eigenvalue weighted by atomic mass is 16.5. The van der Waals surface area contributed by atoms with Gasteiger partial charge in [-0.05, 0) is 45.0 Å². The molecule has 1 aromatic heterocycles. The second-order valence-corrected chi connectivity index (χ2v) is 6.07. The fourth-order valence-corrected chi connectivity index (χ4v) is 2.34. The van der Waals surface area contributed by atoms with Crippen LogP contribution in [0, 0.1) is 6.92 Å². The van der Waals surface area contributed by atoms with Gasteiger partial charge in [0.2, 0.25) is 0 Å². The minimum Gasteiger partial charge on any atom is -0.489 e. The minimum atomic E-state index is 0.104. The standard InChI is InChI=1S/C20H22N4O/c1-14(2)25-18-7-5-4-6-17(18)24-20-12-19(21-13-22-20)23-16-10-8-15(3)9-11-16/h4-14H,1-3H3,(H2,21,22,23,24). The van der Waals surface area contributed by atoms with Crippen LogP contribution < -0.4 is 15.4 Å². The maximum absolute atomic E-state index is 5.83. The first-order valence-corrected chi connectivity index (χ1v) is 8.28. The monoisotopic (exact) mass is 334 g/mol. The van der Waals surface area contributed by atoms with Gasteiger partial charge in [-0.25, -0.2) is 9.97 Å². The summed E-state index contributed by atoms with van der Waals surface area (Å²) in [6, 6.07) is 17.8. The molecule has 3 aromatic rings. The van der Waals surface area contributed by atoms with E-state index in [4.69, 9.17) is 4.74 Å². The lowest BCUT2D eigenvalue weighted by Crippen LogP contribution is -2.07. The molecule has 0 aliphatic rings. The Morgan fingerprint density at radius 2 is 1.56 bits per heavy atom. The molecule has 2 aromatic carbocycles. The highest BCUT2D eigenvalue weighted by Crippen LogP contribution is 2.28. The summed E-state index contributed by atoms with van der Waals surface area (Å²) < 4.78 is 5.83. The lowest BCUT2D eigenvalue weighted by molar-refractivity contribution is 0.244. The molecule has 5 heteroatoms. The number of nitrogens with zero attached hydrogens (tertiary/aromatic N) is 2. The SMILES string of the molecule is Cc1ccc(Nc2cc(Nc3ccccc3OC(C)C)ncn2)cc1. The number of hydrogen-bond donors (Lipinski definition) is 2. The number of benzene rings is 2. The van der Waals surface area contributed by atoms with Crippen molar-refractivity contribution in [3.05, 3.63) is 66.5 Å². The largest absolute Gasteiger partial charge is 0.489 e. The lowest BCUT2D eigenvalue weighted by atomic mass is 10.2. The van der Waals surface area contributed by atoms with E-state index in [-0.39, 0.29) is 6.10 Å². The Bertz CT molecular complexity index is 831. The molecule has 0 spiro atoms. The molecule has 0 amide bonds. The van der Waals surface area contributed by atoms with E-state index < -0.39 is 0 Å². The first-order chi connectivity index (χ1) is 12.1. The van der Waals surface area contributed by atoms with Gasteiger partial charge in [0.15, 0.2) is 0 Å². The number of ether oxygens (including phenoxy) is 1. The Morgan fingerprint density at radius 1 is 0.880 bits per heavy atom. The summed E-state index contributed by atoms with van der Waals surface area (Å²) in [5.41, 5.74) is 3.08. The van der Waals surface area contributed by atoms with Gasteiger partial charge in [0.1, 0.15) is 23.7 Å². The van der Waals surface area contributed by atoms with Crippen LogP contribution in [0.5, 0.6) is 5.75 Å². The van der Waals surface area contributed by atoms with Crippen LogP contribution in [-0.4, -0.2) is 16.1 Å². The Hall–Kier alpha value is -3.08. The van der Waals surface area contributed by atoms with E-state index in [2.05, 4.69) is 39.7 Å². The molecule has 2 N–H and O–H groups in total. The van der Waals surface area contributed by atoms with Crippen LogP contribution in [0.3, 0.4) is 0 Å². The molecule has 0 atom stereocenters. The molecule has 0 bridgehead atoms. The molecular formula is C20H22N4O. The van der Waals surface area contributed by atoms with Crippen LogP contribution in [0.25, 0.3) is 0 Å². The molecule has 0 aliphatic heterocycles. The number of anilines is 4. The zero-order chi connectivity index (χ0) is 17.6. The molecular weight excluding hydrogens is 312 g/mol. The van der Waals surface area contributed by atoms with E-state index in [1.54, 1.807) is 0 Å². The Labute approximate surface area is 148 Å². The molecule has 25 heavy (non-hydrogen) atoms. The van der Waals surface area contributed by atoms with Crippen LogP contribution in [0.4, 0.5) is 23.0 Å². The van der Waals surface area contributed by atoms with Gasteiger partial charge >= 0.3 is 0 Å². The van der Waals surface area contributed by atoms with Crippen molar-refractivity contribution in [2.45, 2.75) is 26.9 Å². The van der Waals surface area contributed by atoms with Crippen LogP contribution in [-0.2, 0) is 0 Å². The van der Waals surface area contributed by atoms with Gasteiger partial charge in [-0.3, -0.25) is 0 Å². The van der Waals surface area contributed by atoms with Crippen LogP contribution in [0.1, 0.15) is 19.4 Å². The summed E-state index contributed by atoms with van der Waals surface area (Å²) in [4.78, 5) is 8.57. The molecule has 5 nitrogen and oxygen atoms in total. The normalized spacial score (nSPS) is 10.6. The van der Waals surface area contributed by atoms with Gasteiger partial charge in [0, 0.05) is 11.8 Å². The summed E-state index contributed by atoms with van der Waals surface area (Å²) in [6.07, 6.45) is 1.64. The number of para-hydroxylation sites is 2. The van der Waals surface area contributed by atoms with Gasteiger partial charge in [0.25, 0.3) is 0 Å². The van der Waals surface area contributed by atoms with Gasteiger partial charge in [-0.2, -0.15) is 0 Å². The predicted octanol–water partition coefficient (Wildman–Crippen LogP) is 5.06. The maximum atomic E-state index is 5.83. The zero-order valence-electron chi connectivity index (χ0n) is 14.7. The molecule has 0 fully saturated rings. The van der Waals surface area contributed by atoms with E-state index in [0.717, 1.165) is 22.9 Å². The molecule has 0 radical (unpaired) electrons. The predicted molar refractivity (Wildman–Crippen MR) is 102 cm³/mol. The van der Waals surface area contributed by atoms with Gasteiger partial charge in [0.05, 0.1) is 11.8 Å². The van der Waals surface area contributed by atoms with Crippen LogP contribution in [0.15, 0.2) is 60.9 Å². The van der Waals surface area contributed by atoms with Crippen molar-refractivity contribution in [3.63, 3.8) is 0 Å². The Kier molecular flexibility index (Phi) is 5.14. The summed E-state index contributed by atoms with van der Waals surface area (Å²) in [7, 11) is 0. The zero-order valence-corrected chi connectivity index (χ0v) is 14.7. The number of hydrogen-bond acceptors (Lipinski definition) is 5. The minimum absolute atomic E-state index is 0.104. The maximum Gasteiger partial charge on any atom is 0.143 e. The fraction of sp³-hybridized carbons (Fsp3) is 0.200. The smallest absolute Gasteiger partial charge is 0.143 e.